The van der Waals surface area contributed by atoms with Crippen molar-refractivity contribution < 1.29 is 0 Å². The van der Waals surface area contributed by atoms with Crippen LogP contribution in [0, 0.1) is 0 Å². The summed E-state index contributed by atoms with van der Waals surface area (Å²) in [6, 6.07) is 0. The van der Waals surface area contributed by atoms with Crippen LogP contribution in [0.5, 0.6) is 0 Å². The summed E-state index contributed by atoms with van der Waals surface area (Å²) in [4.78, 5) is 0. The molecule has 0 bridgehead atoms. The molecule has 0 unspecified atom stereocenters. The van der Waals surface area contributed by atoms with E-state index in [2.05, 4.69) is 17.3 Å². The Hall–Kier alpha value is -0.960. The summed E-state index contributed by atoms with van der Waals surface area (Å²) in [6.45, 7) is 4.85. The lowest BCUT2D eigenvalue weighted by Crippen LogP contribution is -2.39. The maximum atomic E-state index is 3.80. The van der Waals surface area contributed by atoms with Crippen molar-refractivity contribution in [3.8, 4) is 0 Å². The number of nitrogens with zero attached hydrogens (tertiary/aromatic N) is 1. The standard InChI is InChI=1S/C9H17N3/c1-4-8-6-5-7-11-9(8)12(3)10-2/h4,10-11H,1,5-7H2,2-3H3. The molecule has 12 heavy (non-hydrogen) atoms. The molecular formula is C9H17N3. The molecule has 1 aliphatic rings. The molecule has 1 aliphatic heterocycles. The summed E-state index contributed by atoms with van der Waals surface area (Å²) in [5, 5.41) is 5.32. The lowest BCUT2D eigenvalue weighted by Gasteiger charge is -2.28. The highest BCUT2D eigenvalue weighted by Crippen LogP contribution is 2.15. The molecule has 0 aromatic carbocycles. The Labute approximate surface area is 74.1 Å². The van der Waals surface area contributed by atoms with E-state index >= 15 is 0 Å². The van der Waals surface area contributed by atoms with E-state index in [1.54, 1.807) is 0 Å². The normalized spacial score (nSPS) is 17.2. The number of hydrogen-bond donors (Lipinski definition) is 2. The average Bonchev–Trinajstić information content (AvgIpc) is 2.16. The van der Waals surface area contributed by atoms with Crippen molar-refractivity contribution >= 4 is 0 Å². The van der Waals surface area contributed by atoms with Crippen LogP contribution in [0.3, 0.4) is 0 Å². The molecule has 1 heterocycles. The van der Waals surface area contributed by atoms with Crippen molar-refractivity contribution in [3.05, 3.63) is 24.0 Å². The van der Waals surface area contributed by atoms with Crippen LogP contribution >= 0.6 is 0 Å². The van der Waals surface area contributed by atoms with Crippen LogP contribution in [-0.4, -0.2) is 25.6 Å². The maximum Gasteiger partial charge on any atom is 0.119 e. The number of allylic oxidation sites excluding steroid dienone is 2. The van der Waals surface area contributed by atoms with Crippen molar-refractivity contribution in [2.24, 2.45) is 0 Å². The highest BCUT2D eigenvalue weighted by molar-refractivity contribution is 5.23. The van der Waals surface area contributed by atoms with Crippen molar-refractivity contribution in [1.82, 2.24) is 15.8 Å². The Morgan fingerprint density at radius 1 is 1.67 bits per heavy atom. The fraction of sp³-hybridized carbons (Fsp3) is 0.556. The largest absolute Gasteiger partial charge is 0.370 e. The quantitative estimate of drug-likeness (QED) is 0.610. The van der Waals surface area contributed by atoms with E-state index < -0.39 is 0 Å². The zero-order chi connectivity index (χ0) is 8.97. The first kappa shape index (κ1) is 9.13. The predicted molar refractivity (Wildman–Crippen MR) is 51.3 cm³/mol. The molecule has 0 saturated carbocycles. The SMILES string of the molecule is C=CC1=C(N(C)NC)NCCC1. The van der Waals surface area contributed by atoms with Crippen molar-refractivity contribution in [1.29, 1.82) is 0 Å². The third kappa shape index (κ3) is 1.80. The minimum absolute atomic E-state index is 1.05. The lowest BCUT2D eigenvalue weighted by molar-refractivity contribution is 0.296. The second-order valence-corrected chi connectivity index (χ2v) is 2.89. The number of hydrazine groups is 1. The second-order valence-electron chi connectivity index (χ2n) is 2.89. The Bertz CT molecular complexity index is 196. The first-order valence-corrected chi connectivity index (χ1v) is 4.30. The molecule has 0 spiro atoms. The van der Waals surface area contributed by atoms with E-state index in [4.69, 9.17) is 0 Å². The minimum Gasteiger partial charge on any atom is -0.370 e. The van der Waals surface area contributed by atoms with Crippen molar-refractivity contribution in [2.45, 2.75) is 12.8 Å². The van der Waals surface area contributed by atoms with Crippen LogP contribution < -0.4 is 10.7 Å². The van der Waals surface area contributed by atoms with Gasteiger partial charge in [0.1, 0.15) is 5.82 Å². The fourth-order valence-corrected chi connectivity index (χ4v) is 1.36. The van der Waals surface area contributed by atoms with Crippen LogP contribution in [0.25, 0.3) is 0 Å². The predicted octanol–water partition coefficient (Wildman–Crippen LogP) is 0.834. The van der Waals surface area contributed by atoms with Crippen LogP contribution in [0.1, 0.15) is 12.8 Å². The van der Waals surface area contributed by atoms with Gasteiger partial charge in [-0.2, -0.15) is 0 Å². The highest BCUT2D eigenvalue weighted by atomic mass is 15.5. The molecule has 1 rings (SSSR count). The van der Waals surface area contributed by atoms with Gasteiger partial charge in [0, 0.05) is 20.6 Å². The molecule has 0 saturated heterocycles. The van der Waals surface area contributed by atoms with Gasteiger partial charge in [-0.3, -0.25) is 5.01 Å². The van der Waals surface area contributed by atoms with Gasteiger partial charge in [0.25, 0.3) is 0 Å². The Kier molecular flexibility index (Phi) is 3.17. The van der Waals surface area contributed by atoms with Crippen LogP contribution in [0.2, 0.25) is 0 Å². The van der Waals surface area contributed by atoms with Gasteiger partial charge in [0.05, 0.1) is 0 Å². The third-order valence-corrected chi connectivity index (χ3v) is 2.14. The van der Waals surface area contributed by atoms with Crippen LogP contribution in [-0.2, 0) is 0 Å². The zero-order valence-electron chi connectivity index (χ0n) is 7.85. The first-order chi connectivity index (χ1) is 5.79. The Balaban J connectivity index is 2.79. The summed E-state index contributed by atoms with van der Waals surface area (Å²) < 4.78 is 0. The topological polar surface area (TPSA) is 27.3 Å². The average molecular weight is 167 g/mol. The van der Waals surface area contributed by atoms with E-state index in [0.29, 0.717) is 0 Å². The van der Waals surface area contributed by atoms with Gasteiger partial charge in [0.15, 0.2) is 0 Å². The summed E-state index contributed by atoms with van der Waals surface area (Å²) in [5.74, 6) is 1.15. The summed E-state index contributed by atoms with van der Waals surface area (Å²) >= 11 is 0. The highest BCUT2D eigenvalue weighted by Gasteiger charge is 2.11. The van der Waals surface area contributed by atoms with Gasteiger partial charge in [-0.1, -0.05) is 12.7 Å². The van der Waals surface area contributed by atoms with Gasteiger partial charge in [-0.25, -0.2) is 5.43 Å². The van der Waals surface area contributed by atoms with Gasteiger partial charge < -0.3 is 5.32 Å². The molecule has 2 N–H and O–H groups in total. The number of nitrogens with one attached hydrogen (secondary N) is 2. The molecule has 0 aliphatic carbocycles. The fourth-order valence-electron chi connectivity index (χ4n) is 1.36. The smallest absolute Gasteiger partial charge is 0.119 e. The number of hydrogen-bond acceptors (Lipinski definition) is 3. The zero-order valence-corrected chi connectivity index (χ0v) is 7.85. The molecule has 3 heteroatoms. The second kappa shape index (κ2) is 4.16. The first-order valence-electron chi connectivity index (χ1n) is 4.30. The number of rotatable bonds is 3. The molecule has 0 aromatic rings. The molecular weight excluding hydrogens is 150 g/mol. The van der Waals surface area contributed by atoms with Gasteiger partial charge in [-0.05, 0) is 18.4 Å². The van der Waals surface area contributed by atoms with Crippen LogP contribution in [0.4, 0.5) is 0 Å². The van der Waals surface area contributed by atoms with Gasteiger partial charge in [-0.15, -0.1) is 0 Å². The molecule has 0 amide bonds. The van der Waals surface area contributed by atoms with Crippen molar-refractivity contribution in [3.63, 3.8) is 0 Å². The molecule has 3 nitrogen and oxygen atoms in total. The monoisotopic (exact) mass is 167 g/mol. The third-order valence-electron chi connectivity index (χ3n) is 2.14. The van der Waals surface area contributed by atoms with Gasteiger partial charge in [0.2, 0.25) is 0 Å². The molecule has 0 atom stereocenters. The molecule has 0 radical (unpaired) electrons. The lowest BCUT2D eigenvalue weighted by atomic mass is 10.1. The van der Waals surface area contributed by atoms with E-state index in [9.17, 15) is 0 Å². The van der Waals surface area contributed by atoms with Crippen LogP contribution in [0.15, 0.2) is 24.0 Å². The Morgan fingerprint density at radius 3 is 3.00 bits per heavy atom. The summed E-state index contributed by atoms with van der Waals surface area (Å²) in [6.07, 6.45) is 4.25. The van der Waals surface area contributed by atoms with E-state index in [0.717, 1.165) is 18.8 Å². The maximum absolute atomic E-state index is 3.80. The van der Waals surface area contributed by atoms with E-state index in [-0.39, 0.29) is 0 Å². The molecule has 68 valence electrons. The minimum atomic E-state index is 1.05. The van der Waals surface area contributed by atoms with Crippen molar-refractivity contribution in [2.75, 3.05) is 20.6 Å². The molecule has 0 fully saturated rings. The summed E-state index contributed by atoms with van der Waals surface area (Å²) in [5.41, 5.74) is 4.35. The van der Waals surface area contributed by atoms with Gasteiger partial charge >= 0.3 is 0 Å². The van der Waals surface area contributed by atoms with E-state index in [1.165, 1.54) is 12.0 Å². The molecule has 0 aromatic heterocycles. The Morgan fingerprint density at radius 2 is 2.42 bits per heavy atom. The summed E-state index contributed by atoms with van der Waals surface area (Å²) in [7, 11) is 3.90. The van der Waals surface area contributed by atoms with E-state index in [1.807, 2.05) is 25.2 Å².